The molecule has 0 aliphatic carbocycles. The van der Waals surface area contributed by atoms with E-state index in [4.69, 9.17) is 4.74 Å². The van der Waals surface area contributed by atoms with Crippen LogP contribution in [0.15, 0.2) is 18.3 Å². The Morgan fingerprint density at radius 1 is 1.20 bits per heavy atom. The summed E-state index contributed by atoms with van der Waals surface area (Å²) >= 11 is 0. The standard InChI is InChI=1S/C21H28N6O3/c1-13-12-22-17-10-15(11-18(28)26(13)17)19-14(2)27(24-23-19)16-6-8-25(9-7-16)20(29)30-21(3,4)5/h10-12,16,28H,6-9H2,1-5H3. The monoisotopic (exact) mass is 412 g/mol. The van der Waals surface area contributed by atoms with Gasteiger partial charge in [-0.1, -0.05) is 5.21 Å². The third kappa shape index (κ3) is 3.71. The molecule has 9 nitrogen and oxygen atoms in total. The summed E-state index contributed by atoms with van der Waals surface area (Å²) < 4.78 is 9.09. The number of nitrogens with zero attached hydrogens (tertiary/aromatic N) is 6. The van der Waals surface area contributed by atoms with Crippen molar-refractivity contribution >= 4 is 11.7 Å². The molecular weight excluding hydrogens is 384 g/mol. The zero-order valence-corrected chi connectivity index (χ0v) is 18.1. The first-order valence-electron chi connectivity index (χ1n) is 10.2. The third-order valence-electron chi connectivity index (χ3n) is 5.43. The van der Waals surface area contributed by atoms with Crippen molar-refractivity contribution in [3.05, 3.63) is 29.7 Å². The number of imidazole rings is 1. The van der Waals surface area contributed by atoms with Gasteiger partial charge in [0.2, 0.25) is 0 Å². The van der Waals surface area contributed by atoms with E-state index >= 15 is 0 Å². The van der Waals surface area contributed by atoms with E-state index in [1.165, 1.54) is 0 Å². The maximum Gasteiger partial charge on any atom is 0.410 e. The van der Waals surface area contributed by atoms with Crippen LogP contribution in [-0.4, -0.2) is 59.2 Å². The fourth-order valence-corrected chi connectivity index (χ4v) is 3.95. The van der Waals surface area contributed by atoms with Gasteiger partial charge < -0.3 is 14.7 Å². The summed E-state index contributed by atoms with van der Waals surface area (Å²) in [5.41, 5.74) is 3.47. The maximum atomic E-state index is 12.3. The number of amides is 1. The van der Waals surface area contributed by atoms with Crippen LogP contribution in [-0.2, 0) is 4.74 Å². The van der Waals surface area contributed by atoms with Gasteiger partial charge in [0.15, 0.2) is 5.88 Å². The van der Waals surface area contributed by atoms with Gasteiger partial charge in [-0.25, -0.2) is 14.5 Å². The summed E-state index contributed by atoms with van der Waals surface area (Å²) in [5.74, 6) is 0.122. The molecule has 4 rings (SSSR count). The van der Waals surface area contributed by atoms with Gasteiger partial charge in [-0.05, 0) is 53.5 Å². The molecule has 0 unspecified atom stereocenters. The molecule has 1 fully saturated rings. The number of hydrogen-bond donors (Lipinski definition) is 1. The summed E-state index contributed by atoms with van der Waals surface area (Å²) in [5, 5.41) is 19.2. The molecule has 1 N–H and O–H groups in total. The minimum atomic E-state index is -0.495. The minimum Gasteiger partial charge on any atom is -0.494 e. The molecule has 30 heavy (non-hydrogen) atoms. The Hall–Kier alpha value is -3.10. The molecule has 3 aromatic heterocycles. The van der Waals surface area contributed by atoms with Crippen LogP contribution in [0.4, 0.5) is 4.79 Å². The normalized spacial score (nSPS) is 15.7. The van der Waals surface area contributed by atoms with Gasteiger partial charge in [-0.2, -0.15) is 0 Å². The zero-order valence-electron chi connectivity index (χ0n) is 18.1. The van der Waals surface area contributed by atoms with Crippen molar-refractivity contribution in [2.45, 2.75) is 59.1 Å². The van der Waals surface area contributed by atoms with E-state index in [-0.39, 0.29) is 18.0 Å². The molecule has 0 radical (unpaired) electrons. The first-order chi connectivity index (χ1) is 14.1. The van der Waals surface area contributed by atoms with Crippen molar-refractivity contribution in [2.75, 3.05) is 13.1 Å². The van der Waals surface area contributed by atoms with Gasteiger partial charge in [0.1, 0.15) is 16.9 Å². The molecule has 0 bridgehead atoms. The van der Waals surface area contributed by atoms with Crippen LogP contribution in [0.2, 0.25) is 0 Å². The number of aromatic hydroxyl groups is 1. The second-order valence-electron chi connectivity index (χ2n) is 8.86. The molecule has 0 atom stereocenters. The number of carbonyl (C=O) groups excluding carboxylic acids is 1. The molecule has 1 aliphatic rings. The SMILES string of the molecule is Cc1c(-c2cc(O)n3c(C)cnc3c2)nnn1C1CCN(C(=O)OC(C)(C)C)CC1. The fraction of sp³-hybridized carbons (Fsp3) is 0.524. The van der Waals surface area contributed by atoms with Gasteiger partial charge in [0, 0.05) is 36.6 Å². The summed E-state index contributed by atoms with van der Waals surface area (Å²) in [6.07, 6.45) is 3.02. The van der Waals surface area contributed by atoms with E-state index in [0.29, 0.717) is 18.7 Å². The van der Waals surface area contributed by atoms with E-state index in [1.54, 1.807) is 21.6 Å². The predicted molar refractivity (Wildman–Crippen MR) is 111 cm³/mol. The topological polar surface area (TPSA) is 97.8 Å². The summed E-state index contributed by atoms with van der Waals surface area (Å²) in [6, 6.07) is 3.75. The van der Waals surface area contributed by atoms with Crippen LogP contribution < -0.4 is 0 Å². The van der Waals surface area contributed by atoms with Crippen molar-refractivity contribution < 1.29 is 14.6 Å². The van der Waals surface area contributed by atoms with E-state index in [1.807, 2.05) is 45.4 Å². The van der Waals surface area contributed by atoms with E-state index in [0.717, 1.165) is 35.5 Å². The van der Waals surface area contributed by atoms with Gasteiger partial charge in [0.25, 0.3) is 0 Å². The quantitative estimate of drug-likeness (QED) is 0.692. The molecule has 9 heteroatoms. The van der Waals surface area contributed by atoms with Gasteiger partial charge >= 0.3 is 6.09 Å². The Bertz CT molecular complexity index is 1090. The number of fused-ring (bicyclic) bond motifs is 1. The number of piperidine rings is 1. The number of rotatable bonds is 2. The number of hydrogen-bond acceptors (Lipinski definition) is 6. The maximum absolute atomic E-state index is 12.3. The molecule has 160 valence electrons. The van der Waals surface area contributed by atoms with Crippen molar-refractivity contribution in [1.82, 2.24) is 29.3 Å². The Morgan fingerprint density at radius 2 is 1.90 bits per heavy atom. The van der Waals surface area contributed by atoms with E-state index in [2.05, 4.69) is 15.3 Å². The second kappa shape index (κ2) is 7.30. The summed E-state index contributed by atoms with van der Waals surface area (Å²) in [7, 11) is 0. The lowest BCUT2D eigenvalue weighted by molar-refractivity contribution is 0.0184. The molecule has 3 aromatic rings. The number of ether oxygens (including phenoxy) is 1. The number of likely N-dealkylation sites (tertiary alicyclic amines) is 1. The van der Waals surface area contributed by atoms with Crippen molar-refractivity contribution in [1.29, 1.82) is 0 Å². The average molecular weight is 412 g/mol. The second-order valence-corrected chi connectivity index (χ2v) is 8.86. The Labute approximate surface area is 175 Å². The first-order valence-corrected chi connectivity index (χ1v) is 10.2. The lowest BCUT2D eigenvalue weighted by Gasteiger charge is -2.33. The first kappa shape index (κ1) is 20.2. The Morgan fingerprint density at radius 3 is 2.57 bits per heavy atom. The summed E-state index contributed by atoms with van der Waals surface area (Å²) in [6.45, 7) is 10.7. The smallest absolute Gasteiger partial charge is 0.410 e. The lowest BCUT2D eigenvalue weighted by Crippen LogP contribution is -2.42. The van der Waals surface area contributed by atoms with Crippen LogP contribution in [0, 0.1) is 13.8 Å². The molecule has 1 aliphatic heterocycles. The molecule has 0 saturated carbocycles. The number of pyridine rings is 1. The zero-order chi connectivity index (χ0) is 21.6. The highest BCUT2D eigenvalue weighted by Crippen LogP contribution is 2.30. The highest BCUT2D eigenvalue weighted by Gasteiger charge is 2.29. The van der Waals surface area contributed by atoms with Gasteiger partial charge in [0.05, 0.1) is 11.7 Å². The van der Waals surface area contributed by atoms with Crippen LogP contribution in [0.1, 0.15) is 51.0 Å². The predicted octanol–water partition coefficient (Wildman–Crippen LogP) is 3.49. The highest BCUT2D eigenvalue weighted by molar-refractivity contribution is 5.69. The molecule has 0 aromatic carbocycles. The van der Waals surface area contributed by atoms with Crippen molar-refractivity contribution in [2.24, 2.45) is 0 Å². The molecule has 0 spiro atoms. The largest absolute Gasteiger partial charge is 0.494 e. The van der Waals surface area contributed by atoms with Crippen LogP contribution in [0.3, 0.4) is 0 Å². The van der Waals surface area contributed by atoms with Crippen LogP contribution in [0.5, 0.6) is 5.88 Å². The van der Waals surface area contributed by atoms with Gasteiger partial charge in [-0.3, -0.25) is 4.40 Å². The molecule has 4 heterocycles. The van der Waals surface area contributed by atoms with E-state index in [9.17, 15) is 9.90 Å². The van der Waals surface area contributed by atoms with E-state index < -0.39 is 5.60 Å². The number of carbonyl (C=O) groups is 1. The average Bonchev–Trinajstić information content (AvgIpc) is 3.23. The summed E-state index contributed by atoms with van der Waals surface area (Å²) in [4.78, 5) is 18.4. The van der Waals surface area contributed by atoms with Crippen molar-refractivity contribution in [3.63, 3.8) is 0 Å². The Balaban J connectivity index is 1.51. The minimum absolute atomic E-state index is 0.122. The number of aryl methyl sites for hydroxylation is 1. The molecule has 1 saturated heterocycles. The molecule has 1 amide bonds. The Kier molecular flexibility index (Phi) is 4.91. The third-order valence-corrected chi connectivity index (χ3v) is 5.43. The van der Waals surface area contributed by atoms with Crippen molar-refractivity contribution in [3.8, 4) is 17.1 Å². The van der Waals surface area contributed by atoms with Crippen LogP contribution in [0.25, 0.3) is 16.9 Å². The lowest BCUT2D eigenvalue weighted by atomic mass is 10.0. The highest BCUT2D eigenvalue weighted by atomic mass is 16.6. The van der Waals surface area contributed by atoms with Gasteiger partial charge in [-0.15, -0.1) is 5.10 Å². The van der Waals surface area contributed by atoms with Crippen LogP contribution >= 0.6 is 0 Å². The molecular formula is C21H28N6O3. The number of aromatic nitrogens is 5. The fourth-order valence-electron chi connectivity index (χ4n) is 3.95.